The Bertz CT molecular complexity index is 657. The highest BCUT2D eigenvalue weighted by Crippen LogP contribution is 2.18. The monoisotopic (exact) mass is 528 g/mol. The second-order valence-electron chi connectivity index (χ2n) is 7.09. The predicted molar refractivity (Wildman–Crippen MR) is 126 cm³/mol. The van der Waals surface area contributed by atoms with Crippen molar-refractivity contribution in [2.45, 2.75) is 33.1 Å². The Balaban J connectivity index is 0.00000364. The van der Waals surface area contributed by atoms with Crippen LogP contribution >= 0.6 is 35.3 Å². The first-order chi connectivity index (χ1) is 12.4. The molecule has 0 radical (unpaired) electrons. The molecule has 0 aliphatic carbocycles. The summed E-state index contributed by atoms with van der Waals surface area (Å²) >= 11 is 1.80. The van der Waals surface area contributed by atoms with Gasteiger partial charge < -0.3 is 10.6 Å². The van der Waals surface area contributed by atoms with Gasteiger partial charge in [-0.25, -0.2) is 12.7 Å². The predicted octanol–water partition coefficient (Wildman–Crippen LogP) is 2.77. The number of sulfonamides is 1. The van der Waals surface area contributed by atoms with E-state index in [4.69, 9.17) is 4.99 Å². The number of nitrogens with zero attached hydrogens (tertiary/aromatic N) is 2. The molecule has 2 N–H and O–H groups in total. The molecule has 1 aliphatic rings. The van der Waals surface area contributed by atoms with Gasteiger partial charge in [-0.05, 0) is 49.5 Å². The van der Waals surface area contributed by atoms with E-state index in [1.165, 1.54) is 11.1 Å². The summed E-state index contributed by atoms with van der Waals surface area (Å²) in [6.45, 7) is 8.00. The number of hydrogen-bond acceptors (Lipinski definition) is 4. The fraction of sp³-hybridized carbons (Fsp3) is 0.722. The van der Waals surface area contributed by atoms with E-state index in [1.54, 1.807) is 15.6 Å². The minimum atomic E-state index is -3.05. The molecule has 0 amide bonds. The molecule has 1 saturated heterocycles. The Morgan fingerprint density at radius 3 is 2.63 bits per heavy atom. The molecule has 0 bridgehead atoms. The first-order valence-electron chi connectivity index (χ1n) is 9.38. The fourth-order valence-corrected chi connectivity index (χ4v) is 4.86. The maximum atomic E-state index is 11.6. The van der Waals surface area contributed by atoms with Gasteiger partial charge in [0.15, 0.2) is 5.96 Å². The molecule has 1 atom stereocenters. The average Bonchev–Trinajstić information content (AvgIpc) is 3.10. The van der Waals surface area contributed by atoms with E-state index in [2.05, 4.69) is 42.0 Å². The summed E-state index contributed by atoms with van der Waals surface area (Å²) in [4.78, 5) is 6.13. The van der Waals surface area contributed by atoms with Gasteiger partial charge in [-0.15, -0.1) is 35.3 Å². The van der Waals surface area contributed by atoms with Crippen LogP contribution in [0.4, 0.5) is 0 Å². The van der Waals surface area contributed by atoms with Gasteiger partial charge in [-0.1, -0.05) is 13.0 Å². The Hall–Kier alpha value is -0.390. The third-order valence-electron chi connectivity index (χ3n) is 4.64. The molecule has 1 aliphatic heterocycles. The lowest BCUT2D eigenvalue weighted by Crippen LogP contribution is -2.44. The van der Waals surface area contributed by atoms with Crippen molar-refractivity contribution in [3.05, 3.63) is 22.4 Å². The minimum absolute atomic E-state index is 0. The summed E-state index contributed by atoms with van der Waals surface area (Å²) in [6, 6.07) is 4.27. The van der Waals surface area contributed by atoms with Crippen molar-refractivity contribution in [1.82, 2.24) is 14.9 Å². The summed E-state index contributed by atoms with van der Waals surface area (Å²) < 4.78 is 24.8. The lowest BCUT2D eigenvalue weighted by Gasteiger charge is -2.30. The van der Waals surface area contributed by atoms with Crippen molar-refractivity contribution in [3.63, 3.8) is 0 Å². The van der Waals surface area contributed by atoms with E-state index < -0.39 is 10.0 Å². The zero-order valence-electron chi connectivity index (χ0n) is 16.5. The Morgan fingerprint density at radius 1 is 1.37 bits per heavy atom. The van der Waals surface area contributed by atoms with E-state index in [-0.39, 0.29) is 24.0 Å². The molecule has 27 heavy (non-hydrogen) atoms. The first kappa shape index (κ1) is 24.6. The van der Waals surface area contributed by atoms with Gasteiger partial charge in [0.05, 0.1) is 6.26 Å². The fourth-order valence-electron chi connectivity index (χ4n) is 3.11. The summed E-state index contributed by atoms with van der Waals surface area (Å²) in [5, 5.41) is 8.85. The van der Waals surface area contributed by atoms with Crippen molar-refractivity contribution in [1.29, 1.82) is 0 Å². The molecular formula is C18H33IN4O2S2. The Morgan fingerprint density at radius 2 is 2.07 bits per heavy atom. The second kappa shape index (κ2) is 12.2. The standard InChI is InChI=1S/C18H32N4O2S2.HI/c1-4-19-18(20-13-15(2)12-17-6-5-11-25-17)21-14-16-7-9-22(10-8-16)26(3,23)24;/h5-6,11,15-16H,4,7-10,12-14H2,1-3H3,(H2,19,20,21);1H. The van der Waals surface area contributed by atoms with Crippen LogP contribution in [-0.2, 0) is 16.4 Å². The van der Waals surface area contributed by atoms with Crippen LogP contribution in [0.3, 0.4) is 0 Å². The van der Waals surface area contributed by atoms with Crippen LogP contribution in [0, 0.1) is 11.8 Å². The molecule has 1 aromatic rings. The molecule has 6 nitrogen and oxygen atoms in total. The minimum Gasteiger partial charge on any atom is -0.357 e. The Kier molecular flexibility index (Phi) is 11.2. The van der Waals surface area contributed by atoms with Crippen molar-refractivity contribution < 1.29 is 8.42 Å². The molecule has 0 saturated carbocycles. The maximum absolute atomic E-state index is 11.6. The van der Waals surface area contributed by atoms with Crippen molar-refractivity contribution in [2.24, 2.45) is 16.8 Å². The number of aliphatic imine (C=N–C) groups is 1. The van der Waals surface area contributed by atoms with E-state index in [9.17, 15) is 8.42 Å². The van der Waals surface area contributed by atoms with Crippen LogP contribution in [0.15, 0.2) is 22.5 Å². The number of halogens is 1. The largest absolute Gasteiger partial charge is 0.357 e. The van der Waals surface area contributed by atoms with Gasteiger partial charge in [0.25, 0.3) is 0 Å². The van der Waals surface area contributed by atoms with Crippen LogP contribution in [0.5, 0.6) is 0 Å². The lowest BCUT2D eigenvalue weighted by molar-refractivity contribution is 0.275. The van der Waals surface area contributed by atoms with E-state index in [0.717, 1.165) is 44.9 Å². The van der Waals surface area contributed by atoms with Crippen LogP contribution in [-0.4, -0.2) is 57.7 Å². The van der Waals surface area contributed by atoms with Gasteiger partial charge in [-0.2, -0.15) is 0 Å². The zero-order valence-corrected chi connectivity index (χ0v) is 20.4. The zero-order chi connectivity index (χ0) is 19.0. The van der Waals surface area contributed by atoms with Gasteiger partial charge in [0.2, 0.25) is 10.0 Å². The van der Waals surface area contributed by atoms with Gasteiger partial charge in [0.1, 0.15) is 0 Å². The van der Waals surface area contributed by atoms with Gasteiger partial charge >= 0.3 is 0 Å². The average molecular weight is 529 g/mol. The number of rotatable bonds is 8. The van der Waals surface area contributed by atoms with Crippen LogP contribution < -0.4 is 10.6 Å². The molecule has 1 unspecified atom stereocenters. The topological polar surface area (TPSA) is 73.8 Å². The van der Waals surface area contributed by atoms with Crippen molar-refractivity contribution in [3.8, 4) is 0 Å². The third kappa shape index (κ3) is 9.10. The molecular weight excluding hydrogens is 495 g/mol. The molecule has 2 heterocycles. The molecule has 1 aromatic heterocycles. The lowest BCUT2D eigenvalue weighted by atomic mass is 9.98. The van der Waals surface area contributed by atoms with Crippen LogP contribution in [0.2, 0.25) is 0 Å². The number of thiophene rings is 1. The van der Waals surface area contributed by atoms with Gasteiger partial charge in [0, 0.05) is 37.6 Å². The summed E-state index contributed by atoms with van der Waals surface area (Å²) in [6.07, 6.45) is 4.14. The second-order valence-corrected chi connectivity index (χ2v) is 10.1. The molecule has 0 aromatic carbocycles. The molecule has 2 rings (SSSR count). The normalized spacial score (nSPS) is 18.0. The summed E-state index contributed by atoms with van der Waals surface area (Å²) in [7, 11) is -3.05. The highest BCUT2D eigenvalue weighted by atomic mass is 127. The van der Waals surface area contributed by atoms with Crippen LogP contribution in [0.1, 0.15) is 31.6 Å². The van der Waals surface area contributed by atoms with E-state index in [0.29, 0.717) is 24.9 Å². The number of piperidine rings is 1. The van der Waals surface area contributed by atoms with Crippen molar-refractivity contribution in [2.75, 3.05) is 39.0 Å². The highest BCUT2D eigenvalue weighted by molar-refractivity contribution is 14.0. The Labute approximate surface area is 185 Å². The molecule has 156 valence electrons. The molecule has 0 spiro atoms. The van der Waals surface area contributed by atoms with Gasteiger partial charge in [-0.3, -0.25) is 4.99 Å². The molecule has 1 fully saturated rings. The number of hydrogen-bond donors (Lipinski definition) is 2. The summed E-state index contributed by atoms with van der Waals surface area (Å²) in [5.74, 6) is 1.85. The van der Waals surface area contributed by atoms with E-state index in [1.807, 2.05) is 0 Å². The quantitative estimate of drug-likeness (QED) is 0.309. The third-order valence-corrected chi connectivity index (χ3v) is 6.84. The van der Waals surface area contributed by atoms with Crippen LogP contribution in [0.25, 0.3) is 0 Å². The summed E-state index contributed by atoms with van der Waals surface area (Å²) in [5.41, 5.74) is 0. The molecule has 9 heteroatoms. The maximum Gasteiger partial charge on any atom is 0.211 e. The highest BCUT2D eigenvalue weighted by Gasteiger charge is 2.24. The SMILES string of the molecule is CCNC(=NCC(C)Cc1cccs1)NCC1CCN(S(C)(=O)=O)CC1.I. The number of guanidine groups is 1. The smallest absolute Gasteiger partial charge is 0.211 e. The number of nitrogens with one attached hydrogen (secondary N) is 2. The van der Waals surface area contributed by atoms with Crippen molar-refractivity contribution >= 4 is 51.3 Å². The van der Waals surface area contributed by atoms with E-state index >= 15 is 0 Å². The first-order valence-corrected chi connectivity index (χ1v) is 12.1.